The molecule has 30 heavy (non-hydrogen) atoms. The molecule has 7 heteroatoms. The van der Waals surface area contributed by atoms with E-state index in [-0.39, 0.29) is 5.91 Å². The third-order valence-electron chi connectivity index (χ3n) is 5.65. The molecule has 1 aliphatic carbocycles. The Morgan fingerprint density at radius 1 is 1.13 bits per heavy atom. The number of hydrogen-bond donors (Lipinski definition) is 1. The van der Waals surface area contributed by atoms with E-state index in [4.69, 9.17) is 0 Å². The number of thioether (sulfide) groups is 1. The monoisotopic (exact) mass is 421 g/mol. The molecular weight excluding hydrogens is 394 g/mol. The van der Waals surface area contributed by atoms with Crippen molar-refractivity contribution in [3.8, 4) is 11.4 Å². The number of carbonyl (C=O) groups is 1. The Morgan fingerprint density at radius 3 is 2.73 bits per heavy atom. The number of rotatable bonds is 7. The summed E-state index contributed by atoms with van der Waals surface area (Å²) in [4.78, 5) is 16.7. The molecule has 0 spiro atoms. The molecule has 2 heterocycles. The number of benzene rings is 1. The van der Waals surface area contributed by atoms with Gasteiger partial charge in [0.2, 0.25) is 5.91 Å². The highest BCUT2D eigenvalue weighted by Crippen LogP contribution is 2.38. The molecule has 1 amide bonds. The van der Waals surface area contributed by atoms with E-state index in [1.807, 2.05) is 48.7 Å². The van der Waals surface area contributed by atoms with E-state index in [1.165, 1.54) is 31.0 Å². The van der Waals surface area contributed by atoms with Crippen LogP contribution in [0.2, 0.25) is 0 Å². The van der Waals surface area contributed by atoms with Gasteiger partial charge in [0.1, 0.15) is 0 Å². The molecule has 1 saturated carbocycles. The maximum absolute atomic E-state index is 12.4. The summed E-state index contributed by atoms with van der Waals surface area (Å²) in [5.41, 5.74) is 2.05. The van der Waals surface area contributed by atoms with Gasteiger partial charge in [0, 0.05) is 30.5 Å². The minimum absolute atomic E-state index is 0.00183. The zero-order valence-corrected chi connectivity index (χ0v) is 18.0. The van der Waals surface area contributed by atoms with Crippen LogP contribution in [0.5, 0.6) is 0 Å². The van der Waals surface area contributed by atoms with Gasteiger partial charge >= 0.3 is 0 Å². The fraction of sp³-hybridized carbons (Fsp3) is 0.391. The molecule has 0 aliphatic heterocycles. The first-order valence-electron chi connectivity index (χ1n) is 10.5. The molecule has 1 aliphatic rings. The van der Waals surface area contributed by atoms with Crippen molar-refractivity contribution in [1.82, 2.24) is 25.1 Å². The minimum Gasteiger partial charge on any atom is -0.351 e. The van der Waals surface area contributed by atoms with E-state index < -0.39 is 0 Å². The molecule has 2 aromatic heterocycles. The highest BCUT2D eigenvalue weighted by molar-refractivity contribution is 7.99. The number of hydrogen-bond acceptors (Lipinski definition) is 5. The number of pyridine rings is 1. The molecular formula is C23H27N5OS. The zero-order valence-electron chi connectivity index (χ0n) is 17.2. The van der Waals surface area contributed by atoms with Crippen molar-refractivity contribution < 1.29 is 4.79 Å². The van der Waals surface area contributed by atoms with Crippen LogP contribution in [0.25, 0.3) is 11.4 Å². The Kier molecular flexibility index (Phi) is 6.79. The van der Waals surface area contributed by atoms with Gasteiger partial charge in [-0.25, -0.2) is 0 Å². The van der Waals surface area contributed by atoms with E-state index in [0.29, 0.717) is 24.3 Å². The topological polar surface area (TPSA) is 72.7 Å². The summed E-state index contributed by atoms with van der Waals surface area (Å²) in [5.74, 6) is 1.71. The SMILES string of the molecule is C[C@H]1CCCC[C@H]1n1c(SCC(=O)NCc2ccccc2)nnc1-c1cccnc1. The van der Waals surface area contributed by atoms with Gasteiger partial charge in [-0.1, -0.05) is 61.9 Å². The highest BCUT2D eigenvalue weighted by atomic mass is 32.2. The van der Waals surface area contributed by atoms with Crippen LogP contribution in [0, 0.1) is 5.92 Å². The van der Waals surface area contributed by atoms with Crippen molar-refractivity contribution in [1.29, 1.82) is 0 Å². The van der Waals surface area contributed by atoms with Gasteiger partial charge in [-0.05, 0) is 36.5 Å². The number of carbonyl (C=O) groups excluding carboxylic acids is 1. The van der Waals surface area contributed by atoms with Gasteiger partial charge in [-0.2, -0.15) is 0 Å². The van der Waals surface area contributed by atoms with Crippen molar-refractivity contribution in [2.45, 2.75) is 50.4 Å². The van der Waals surface area contributed by atoms with Gasteiger partial charge in [-0.15, -0.1) is 10.2 Å². The summed E-state index contributed by atoms with van der Waals surface area (Å²) in [6, 6.07) is 14.2. The van der Waals surface area contributed by atoms with Crippen LogP contribution in [0.1, 0.15) is 44.2 Å². The molecule has 0 bridgehead atoms. The van der Waals surface area contributed by atoms with Gasteiger partial charge in [-0.3, -0.25) is 14.3 Å². The van der Waals surface area contributed by atoms with Crippen LogP contribution in [-0.4, -0.2) is 31.4 Å². The number of nitrogens with one attached hydrogen (secondary N) is 1. The molecule has 1 aromatic carbocycles. The van der Waals surface area contributed by atoms with E-state index in [2.05, 4.69) is 32.0 Å². The second kappa shape index (κ2) is 9.89. The predicted octanol–water partition coefficient (Wildman–Crippen LogP) is 4.50. The standard InChI is InChI=1S/C23H27N5OS/c1-17-8-5-6-12-20(17)28-22(19-11-7-13-24-15-19)26-27-23(28)30-16-21(29)25-14-18-9-3-2-4-10-18/h2-4,7,9-11,13,15,17,20H,5-6,8,12,14,16H2,1H3,(H,25,29)/t17-,20+/m0/s1. The Morgan fingerprint density at radius 2 is 1.97 bits per heavy atom. The van der Waals surface area contributed by atoms with Gasteiger partial charge in [0.25, 0.3) is 0 Å². The average Bonchev–Trinajstić information content (AvgIpc) is 3.21. The van der Waals surface area contributed by atoms with E-state index in [0.717, 1.165) is 28.5 Å². The van der Waals surface area contributed by atoms with E-state index in [1.54, 1.807) is 6.20 Å². The maximum Gasteiger partial charge on any atom is 0.230 e. The Bertz CT molecular complexity index is 960. The third-order valence-corrected chi connectivity index (χ3v) is 6.59. The maximum atomic E-state index is 12.4. The first kappa shape index (κ1) is 20.6. The second-order valence-electron chi connectivity index (χ2n) is 7.80. The van der Waals surface area contributed by atoms with Crippen molar-refractivity contribution in [3.05, 3.63) is 60.4 Å². The minimum atomic E-state index is -0.00183. The number of nitrogens with zero attached hydrogens (tertiary/aromatic N) is 4. The average molecular weight is 422 g/mol. The number of aromatic nitrogens is 4. The largest absolute Gasteiger partial charge is 0.351 e. The van der Waals surface area contributed by atoms with Crippen molar-refractivity contribution >= 4 is 17.7 Å². The second-order valence-corrected chi connectivity index (χ2v) is 8.74. The fourth-order valence-corrected chi connectivity index (χ4v) is 4.85. The molecule has 6 nitrogen and oxygen atoms in total. The first-order chi connectivity index (χ1) is 14.7. The molecule has 0 unspecified atom stereocenters. The lowest BCUT2D eigenvalue weighted by molar-refractivity contribution is -0.118. The molecule has 1 fully saturated rings. The predicted molar refractivity (Wildman–Crippen MR) is 119 cm³/mol. The van der Waals surface area contributed by atoms with Gasteiger partial charge < -0.3 is 5.32 Å². The third kappa shape index (κ3) is 4.90. The molecule has 156 valence electrons. The smallest absolute Gasteiger partial charge is 0.230 e. The zero-order chi connectivity index (χ0) is 20.8. The van der Waals surface area contributed by atoms with Crippen LogP contribution >= 0.6 is 11.8 Å². The van der Waals surface area contributed by atoms with Crippen molar-refractivity contribution in [2.24, 2.45) is 5.92 Å². The Balaban J connectivity index is 1.49. The Labute approximate surface area is 181 Å². The summed E-state index contributed by atoms with van der Waals surface area (Å²) < 4.78 is 2.25. The van der Waals surface area contributed by atoms with Crippen LogP contribution < -0.4 is 5.32 Å². The molecule has 4 rings (SSSR count). The Hall–Kier alpha value is -2.67. The lowest BCUT2D eigenvalue weighted by Crippen LogP contribution is -2.25. The summed E-state index contributed by atoms with van der Waals surface area (Å²) in [6.45, 7) is 2.84. The molecule has 0 saturated heterocycles. The van der Waals surface area contributed by atoms with Crippen LogP contribution in [0.4, 0.5) is 0 Å². The summed E-state index contributed by atoms with van der Waals surface area (Å²) in [7, 11) is 0. The fourth-order valence-electron chi connectivity index (χ4n) is 4.02. The van der Waals surface area contributed by atoms with Gasteiger partial charge in [0.15, 0.2) is 11.0 Å². The summed E-state index contributed by atoms with van der Waals surface area (Å²) in [6.07, 6.45) is 8.39. The van der Waals surface area contributed by atoms with Gasteiger partial charge in [0.05, 0.1) is 5.75 Å². The van der Waals surface area contributed by atoms with E-state index >= 15 is 0 Å². The van der Waals surface area contributed by atoms with Crippen LogP contribution in [-0.2, 0) is 11.3 Å². The molecule has 0 radical (unpaired) electrons. The molecule has 2 atom stereocenters. The lowest BCUT2D eigenvalue weighted by atomic mass is 9.85. The normalized spacial score (nSPS) is 18.8. The van der Waals surface area contributed by atoms with Crippen molar-refractivity contribution in [2.75, 3.05) is 5.75 Å². The van der Waals surface area contributed by atoms with Crippen molar-refractivity contribution in [3.63, 3.8) is 0 Å². The first-order valence-corrected chi connectivity index (χ1v) is 11.5. The molecule has 3 aromatic rings. The summed E-state index contributed by atoms with van der Waals surface area (Å²) in [5, 5.41) is 12.7. The summed E-state index contributed by atoms with van der Waals surface area (Å²) >= 11 is 1.46. The molecule has 1 N–H and O–H groups in total. The van der Waals surface area contributed by atoms with Crippen LogP contribution in [0.15, 0.2) is 60.0 Å². The lowest BCUT2D eigenvalue weighted by Gasteiger charge is -2.31. The van der Waals surface area contributed by atoms with Crippen LogP contribution in [0.3, 0.4) is 0 Å². The highest BCUT2D eigenvalue weighted by Gasteiger charge is 2.28. The number of amides is 1. The van der Waals surface area contributed by atoms with E-state index in [9.17, 15) is 4.79 Å². The quantitative estimate of drug-likeness (QED) is 0.569.